The first kappa shape index (κ1) is 30.8. The molecule has 7 aromatic rings. The molecule has 48 heavy (non-hydrogen) atoms. The molecule has 2 heteroatoms. The van der Waals surface area contributed by atoms with Crippen LogP contribution in [0.3, 0.4) is 0 Å². The van der Waals surface area contributed by atoms with Gasteiger partial charge in [-0.15, -0.1) is 13.2 Å². The van der Waals surface area contributed by atoms with E-state index in [9.17, 15) is 0 Å². The van der Waals surface area contributed by atoms with Crippen LogP contribution in [0, 0.1) is 0 Å². The minimum absolute atomic E-state index is 0.910. The highest BCUT2D eigenvalue weighted by atomic mass is 15.1. The molecule has 0 atom stereocenters. The van der Waals surface area contributed by atoms with E-state index in [0.29, 0.717) is 0 Å². The van der Waals surface area contributed by atoms with E-state index < -0.39 is 0 Å². The van der Waals surface area contributed by atoms with Crippen LogP contribution in [0.15, 0.2) is 183 Å². The molecular formula is C46H40N2. The summed E-state index contributed by atoms with van der Waals surface area (Å²) in [6.07, 6.45) is 7.75. The second-order valence-corrected chi connectivity index (χ2v) is 12.1. The number of hydrogen-bond donors (Lipinski definition) is 0. The molecule has 0 bridgehead atoms. The van der Waals surface area contributed by atoms with Crippen molar-refractivity contribution >= 4 is 55.7 Å². The van der Waals surface area contributed by atoms with Crippen molar-refractivity contribution in [3.05, 3.63) is 194 Å². The Balaban J connectivity index is 1.48. The predicted octanol–water partition coefficient (Wildman–Crippen LogP) is 13.2. The van der Waals surface area contributed by atoms with E-state index in [0.717, 1.165) is 59.8 Å². The van der Waals surface area contributed by atoms with Gasteiger partial charge >= 0.3 is 0 Å². The summed E-state index contributed by atoms with van der Waals surface area (Å²) < 4.78 is 0. The minimum Gasteiger partial charge on any atom is -0.310 e. The van der Waals surface area contributed by atoms with Crippen molar-refractivity contribution in [2.45, 2.75) is 25.7 Å². The largest absolute Gasteiger partial charge is 0.310 e. The number of fused-ring (bicyclic) bond motifs is 3. The average molecular weight is 621 g/mol. The lowest BCUT2D eigenvalue weighted by atomic mass is 9.86. The maximum atomic E-state index is 4.11. The van der Waals surface area contributed by atoms with Crippen LogP contribution in [-0.2, 0) is 12.8 Å². The fourth-order valence-corrected chi connectivity index (χ4v) is 6.90. The van der Waals surface area contributed by atoms with E-state index in [1.165, 1.54) is 32.7 Å². The summed E-state index contributed by atoms with van der Waals surface area (Å²) in [5, 5.41) is 5.14. The first-order chi connectivity index (χ1) is 23.8. The van der Waals surface area contributed by atoms with Crippen LogP contribution in [0.25, 0.3) is 21.5 Å². The van der Waals surface area contributed by atoms with E-state index in [4.69, 9.17) is 0 Å². The Hall–Kier alpha value is -5.86. The average Bonchev–Trinajstić information content (AvgIpc) is 3.15. The number of benzene rings is 7. The van der Waals surface area contributed by atoms with Gasteiger partial charge in [0.05, 0.1) is 0 Å². The summed E-state index contributed by atoms with van der Waals surface area (Å²) in [6.45, 7) is 8.22. The second-order valence-electron chi connectivity index (χ2n) is 12.1. The van der Waals surface area contributed by atoms with Crippen molar-refractivity contribution in [3.63, 3.8) is 0 Å². The number of rotatable bonds is 12. The van der Waals surface area contributed by atoms with Gasteiger partial charge in [0.15, 0.2) is 0 Å². The highest BCUT2D eigenvalue weighted by Gasteiger charge is 2.20. The zero-order chi connectivity index (χ0) is 32.7. The fraction of sp³-hybridized carbons (Fsp3) is 0.0870. The zero-order valence-corrected chi connectivity index (χ0v) is 27.3. The monoisotopic (exact) mass is 620 g/mol. The molecule has 0 aliphatic rings. The molecule has 0 aromatic heterocycles. The maximum Gasteiger partial charge on any atom is 0.0468 e. The smallest absolute Gasteiger partial charge is 0.0468 e. The molecular weight excluding hydrogens is 581 g/mol. The normalized spacial score (nSPS) is 11.0. The molecule has 0 amide bonds. The lowest BCUT2D eigenvalue weighted by molar-refractivity contribution is 0.946. The number of aryl methyl sites for hydroxylation is 2. The van der Waals surface area contributed by atoms with Gasteiger partial charge in [0, 0.05) is 34.1 Å². The van der Waals surface area contributed by atoms with Gasteiger partial charge in [-0.3, -0.25) is 0 Å². The maximum absolute atomic E-state index is 4.11. The molecule has 0 aliphatic heterocycles. The van der Waals surface area contributed by atoms with Crippen LogP contribution in [0.4, 0.5) is 34.1 Å². The van der Waals surface area contributed by atoms with Gasteiger partial charge in [-0.05, 0) is 131 Å². The van der Waals surface area contributed by atoms with E-state index in [1.54, 1.807) is 0 Å². The molecule has 234 valence electrons. The number of para-hydroxylation sites is 4. The Kier molecular flexibility index (Phi) is 9.15. The zero-order valence-electron chi connectivity index (χ0n) is 27.3. The summed E-state index contributed by atoms with van der Waals surface area (Å²) in [4.78, 5) is 4.70. The number of hydrogen-bond acceptors (Lipinski definition) is 2. The van der Waals surface area contributed by atoms with Gasteiger partial charge < -0.3 is 9.80 Å². The van der Waals surface area contributed by atoms with Gasteiger partial charge in [-0.2, -0.15) is 0 Å². The summed E-state index contributed by atoms with van der Waals surface area (Å²) in [7, 11) is 0. The van der Waals surface area contributed by atoms with Crippen molar-refractivity contribution in [3.8, 4) is 0 Å². The summed E-state index contributed by atoms with van der Waals surface area (Å²) >= 11 is 0. The summed E-state index contributed by atoms with van der Waals surface area (Å²) in [5.74, 6) is 0. The van der Waals surface area contributed by atoms with E-state index in [-0.39, 0.29) is 0 Å². The molecule has 0 heterocycles. The van der Waals surface area contributed by atoms with Crippen molar-refractivity contribution < 1.29 is 0 Å². The van der Waals surface area contributed by atoms with Gasteiger partial charge in [0.25, 0.3) is 0 Å². The van der Waals surface area contributed by atoms with Crippen LogP contribution in [0.1, 0.15) is 24.0 Å². The Labute approximate surface area is 284 Å². The molecule has 0 saturated heterocycles. The molecule has 2 nitrogen and oxygen atoms in total. The molecule has 0 saturated carbocycles. The van der Waals surface area contributed by atoms with Crippen molar-refractivity contribution in [2.24, 2.45) is 0 Å². The van der Waals surface area contributed by atoms with E-state index in [2.05, 4.69) is 181 Å². The quantitative estimate of drug-likeness (QED) is 0.0990. The number of allylic oxidation sites excluding steroid dienone is 2. The minimum atomic E-state index is 0.910. The first-order valence-electron chi connectivity index (χ1n) is 16.8. The lowest BCUT2D eigenvalue weighted by Gasteiger charge is -2.28. The van der Waals surface area contributed by atoms with Gasteiger partial charge in [-0.1, -0.05) is 97.1 Å². The van der Waals surface area contributed by atoms with Crippen molar-refractivity contribution in [2.75, 3.05) is 9.80 Å². The Morgan fingerprint density at radius 3 is 0.958 bits per heavy atom. The van der Waals surface area contributed by atoms with Crippen molar-refractivity contribution in [1.82, 2.24) is 0 Å². The SMILES string of the molecule is C=CCCc1c(CCC=C)c2cc(N(c3ccccc3)c3ccccc3)ccc2c2ccc(N(c3ccccc3)c3ccccc3)cc12. The van der Waals surface area contributed by atoms with Crippen LogP contribution in [0.2, 0.25) is 0 Å². The lowest BCUT2D eigenvalue weighted by Crippen LogP contribution is -2.10. The van der Waals surface area contributed by atoms with Gasteiger partial charge in [-0.25, -0.2) is 0 Å². The van der Waals surface area contributed by atoms with Crippen LogP contribution >= 0.6 is 0 Å². The van der Waals surface area contributed by atoms with Crippen LogP contribution < -0.4 is 9.80 Å². The molecule has 7 rings (SSSR count). The Morgan fingerprint density at radius 1 is 0.354 bits per heavy atom. The molecule has 7 aromatic carbocycles. The predicted molar refractivity (Wildman–Crippen MR) is 208 cm³/mol. The highest BCUT2D eigenvalue weighted by Crippen LogP contribution is 2.43. The summed E-state index contributed by atoms with van der Waals surface area (Å²) in [5.41, 5.74) is 9.61. The number of anilines is 6. The standard InChI is InChI=1S/C46H40N2/c1-3-5-27-41-42(28-6-4-2)46-34-40(48(37-23-15-9-16-24-37)38-25-17-10-18-26-38)30-32-44(46)43-31-29-39(33-45(41)43)47(35-19-11-7-12-20-35)36-21-13-8-14-22-36/h3-4,7-26,29-34H,1-2,5-6,27-28H2. The van der Waals surface area contributed by atoms with E-state index in [1.807, 2.05) is 12.2 Å². The third-order valence-electron chi connectivity index (χ3n) is 9.08. The summed E-state index contributed by atoms with van der Waals surface area (Å²) in [6, 6.07) is 56.6. The highest BCUT2D eigenvalue weighted by molar-refractivity contribution is 6.13. The van der Waals surface area contributed by atoms with Crippen LogP contribution in [-0.4, -0.2) is 0 Å². The third-order valence-corrected chi connectivity index (χ3v) is 9.08. The molecule has 0 fully saturated rings. The van der Waals surface area contributed by atoms with Crippen LogP contribution in [0.5, 0.6) is 0 Å². The number of nitrogens with zero attached hydrogens (tertiary/aromatic N) is 2. The first-order valence-corrected chi connectivity index (χ1v) is 16.8. The van der Waals surface area contributed by atoms with Gasteiger partial charge in [0.1, 0.15) is 0 Å². The Morgan fingerprint density at radius 2 is 0.667 bits per heavy atom. The molecule has 0 aliphatic carbocycles. The molecule has 0 unspecified atom stereocenters. The molecule has 0 radical (unpaired) electrons. The third kappa shape index (κ3) is 6.13. The molecule has 0 N–H and O–H groups in total. The topological polar surface area (TPSA) is 6.48 Å². The van der Waals surface area contributed by atoms with E-state index >= 15 is 0 Å². The van der Waals surface area contributed by atoms with Gasteiger partial charge in [0.2, 0.25) is 0 Å². The molecule has 0 spiro atoms. The fourth-order valence-electron chi connectivity index (χ4n) is 6.90. The van der Waals surface area contributed by atoms with Crippen molar-refractivity contribution in [1.29, 1.82) is 0 Å². The second kappa shape index (κ2) is 14.3. The Bertz CT molecular complexity index is 1920.